The Bertz CT molecular complexity index is 1260. The molecule has 1 aromatic heterocycles. The van der Waals surface area contributed by atoms with Crippen LogP contribution in [-0.2, 0) is 14.8 Å². The molecule has 2 heterocycles. The number of carbonyl (C=O) groups is 1. The number of fused-ring (bicyclic) bond motifs is 1. The van der Waals surface area contributed by atoms with Crippen LogP contribution in [0.5, 0.6) is 0 Å². The minimum atomic E-state index is -3.67. The van der Waals surface area contributed by atoms with E-state index in [-0.39, 0.29) is 22.8 Å². The number of amides is 1. The molecule has 0 unspecified atom stereocenters. The highest BCUT2D eigenvalue weighted by Gasteiger charge is 2.32. The molecule has 0 aliphatic carbocycles. The summed E-state index contributed by atoms with van der Waals surface area (Å²) >= 11 is 0. The number of aromatic nitrogens is 3. The molecule has 1 amide bonds. The molecule has 1 fully saturated rings. The van der Waals surface area contributed by atoms with Crippen LogP contribution in [0.4, 0.5) is 5.69 Å². The minimum Gasteiger partial charge on any atom is -0.325 e. The van der Waals surface area contributed by atoms with Gasteiger partial charge in [-0.1, -0.05) is 30.3 Å². The average molecular weight is 470 g/mol. The predicted molar refractivity (Wildman–Crippen MR) is 129 cm³/mol. The second-order valence-corrected chi connectivity index (χ2v) is 10.8. The Labute approximate surface area is 195 Å². The topological polar surface area (TPSA) is 97.2 Å². The maximum atomic E-state index is 13.3. The van der Waals surface area contributed by atoms with E-state index < -0.39 is 10.0 Å². The average Bonchev–Trinajstić information content (AvgIpc) is 3.24. The lowest BCUT2D eigenvalue weighted by Gasteiger charge is -2.30. The molecule has 33 heavy (non-hydrogen) atoms. The summed E-state index contributed by atoms with van der Waals surface area (Å²) in [5.41, 5.74) is 4.27. The van der Waals surface area contributed by atoms with Gasteiger partial charge in [0.15, 0.2) is 0 Å². The molecule has 176 valence electrons. The van der Waals surface area contributed by atoms with Gasteiger partial charge in [0, 0.05) is 24.7 Å². The molecule has 1 aliphatic heterocycles. The number of aryl methyl sites for hydroxylation is 2. The van der Waals surface area contributed by atoms with Crippen molar-refractivity contribution < 1.29 is 13.2 Å². The second kappa shape index (κ2) is 9.23. The Hall–Kier alpha value is -2.78. The third-order valence-corrected chi connectivity index (χ3v) is 8.54. The van der Waals surface area contributed by atoms with Crippen molar-refractivity contribution in [1.82, 2.24) is 19.3 Å². The standard InChI is InChI=1S/C24H31N5O3S/c1-5-18(4)29-22-10-9-20(15-21(22)26-27-29)33(31,32)28-13-11-19(12-14-28)24(30)25-23-16(2)7-6-8-17(23)3/h6-10,15,18-19H,5,11-14H2,1-4H3,(H,25,30)/t18-/m0/s1. The van der Waals surface area contributed by atoms with E-state index in [9.17, 15) is 13.2 Å². The van der Waals surface area contributed by atoms with E-state index in [4.69, 9.17) is 0 Å². The summed E-state index contributed by atoms with van der Waals surface area (Å²) in [5, 5.41) is 11.4. The third-order valence-electron chi connectivity index (χ3n) is 6.64. The Kier molecular flexibility index (Phi) is 6.54. The first kappa shape index (κ1) is 23.4. The number of carbonyl (C=O) groups excluding carboxylic acids is 1. The van der Waals surface area contributed by atoms with Gasteiger partial charge >= 0.3 is 0 Å². The van der Waals surface area contributed by atoms with Gasteiger partial charge in [-0.05, 0) is 69.4 Å². The summed E-state index contributed by atoms with van der Waals surface area (Å²) in [4.78, 5) is 13.0. The van der Waals surface area contributed by atoms with Crippen LogP contribution in [0.1, 0.15) is 50.3 Å². The Balaban J connectivity index is 1.45. The van der Waals surface area contributed by atoms with Crippen molar-refractivity contribution in [1.29, 1.82) is 0 Å². The lowest BCUT2D eigenvalue weighted by atomic mass is 9.96. The Morgan fingerprint density at radius 3 is 2.45 bits per heavy atom. The van der Waals surface area contributed by atoms with Crippen LogP contribution in [-0.4, -0.2) is 46.7 Å². The van der Waals surface area contributed by atoms with Gasteiger partial charge in [0.2, 0.25) is 15.9 Å². The molecule has 1 saturated heterocycles. The number of hydrogen-bond donors (Lipinski definition) is 1. The highest BCUT2D eigenvalue weighted by atomic mass is 32.2. The van der Waals surface area contributed by atoms with Crippen LogP contribution in [0.3, 0.4) is 0 Å². The van der Waals surface area contributed by atoms with Crippen molar-refractivity contribution in [2.45, 2.75) is 57.9 Å². The van der Waals surface area contributed by atoms with E-state index in [2.05, 4.69) is 29.5 Å². The second-order valence-electron chi connectivity index (χ2n) is 8.88. The number of rotatable bonds is 6. The largest absolute Gasteiger partial charge is 0.325 e. The van der Waals surface area contributed by atoms with Crippen LogP contribution in [0.15, 0.2) is 41.3 Å². The molecule has 0 spiro atoms. The number of hydrogen-bond acceptors (Lipinski definition) is 5. The molecule has 3 aromatic rings. The van der Waals surface area contributed by atoms with Gasteiger partial charge in [0.25, 0.3) is 0 Å². The van der Waals surface area contributed by atoms with Crippen LogP contribution in [0.25, 0.3) is 11.0 Å². The van der Waals surface area contributed by atoms with E-state index in [1.165, 1.54) is 4.31 Å². The van der Waals surface area contributed by atoms with Gasteiger partial charge in [-0.25, -0.2) is 13.1 Å². The number of anilines is 1. The summed E-state index contributed by atoms with van der Waals surface area (Å²) in [7, 11) is -3.67. The molecule has 0 saturated carbocycles. The van der Waals surface area contributed by atoms with Crippen molar-refractivity contribution in [2.75, 3.05) is 18.4 Å². The molecule has 9 heteroatoms. The first-order valence-electron chi connectivity index (χ1n) is 11.4. The van der Waals surface area contributed by atoms with Gasteiger partial charge in [-0.3, -0.25) is 4.79 Å². The summed E-state index contributed by atoms with van der Waals surface area (Å²) in [5.74, 6) is -0.263. The first-order chi connectivity index (χ1) is 15.7. The third kappa shape index (κ3) is 4.52. The highest BCUT2D eigenvalue weighted by Crippen LogP contribution is 2.28. The zero-order valence-corrected chi connectivity index (χ0v) is 20.4. The van der Waals surface area contributed by atoms with Crippen molar-refractivity contribution >= 4 is 32.7 Å². The summed E-state index contributed by atoms with van der Waals surface area (Å²) < 4.78 is 29.8. The maximum absolute atomic E-state index is 13.3. The van der Waals surface area contributed by atoms with E-state index in [0.29, 0.717) is 31.4 Å². The first-order valence-corrected chi connectivity index (χ1v) is 12.9. The SMILES string of the molecule is CC[C@H](C)n1nnc2cc(S(=O)(=O)N3CCC(C(=O)Nc4c(C)cccc4C)CC3)ccc21. The van der Waals surface area contributed by atoms with Gasteiger partial charge in [0.05, 0.1) is 16.5 Å². The quantitative estimate of drug-likeness (QED) is 0.587. The molecular formula is C24H31N5O3S. The lowest BCUT2D eigenvalue weighted by molar-refractivity contribution is -0.120. The lowest BCUT2D eigenvalue weighted by Crippen LogP contribution is -2.41. The molecule has 1 aliphatic rings. The summed E-state index contributed by atoms with van der Waals surface area (Å²) in [6.07, 6.45) is 1.88. The number of nitrogens with one attached hydrogen (secondary N) is 1. The van der Waals surface area contributed by atoms with Crippen molar-refractivity contribution in [3.05, 3.63) is 47.5 Å². The van der Waals surface area contributed by atoms with Gasteiger partial charge < -0.3 is 5.32 Å². The van der Waals surface area contributed by atoms with Crippen molar-refractivity contribution in [3.63, 3.8) is 0 Å². The summed E-state index contributed by atoms with van der Waals surface area (Å²) in [6, 6.07) is 11.1. The highest BCUT2D eigenvalue weighted by molar-refractivity contribution is 7.89. The number of piperidine rings is 1. The fourth-order valence-electron chi connectivity index (χ4n) is 4.32. The van der Waals surface area contributed by atoms with E-state index in [1.807, 2.05) is 36.7 Å². The van der Waals surface area contributed by atoms with Crippen molar-refractivity contribution in [2.24, 2.45) is 5.92 Å². The molecule has 8 nitrogen and oxygen atoms in total. The number of benzene rings is 2. The molecule has 1 N–H and O–H groups in total. The zero-order chi connectivity index (χ0) is 23.8. The van der Waals surface area contributed by atoms with E-state index >= 15 is 0 Å². The van der Waals surface area contributed by atoms with E-state index in [0.717, 1.165) is 28.8 Å². The fraction of sp³-hybridized carbons (Fsp3) is 0.458. The van der Waals surface area contributed by atoms with Crippen molar-refractivity contribution in [3.8, 4) is 0 Å². The summed E-state index contributed by atoms with van der Waals surface area (Å²) in [6.45, 7) is 8.68. The molecule has 2 aromatic carbocycles. The fourth-order valence-corrected chi connectivity index (χ4v) is 5.82. The van der Waals surface area contributed by atoms with Crippen LogP contribution >= 0.6 is 0 Å². The van der Waals surface area contributed by atoms with Crippen LogP contribution in [0.2, 0.25) is 0 Å². The van der Waals surface area contributed by atoms with E-state index in [1.54, 1.807) is 18.2 Å². The zero-order valence-electron chi connectivity index (χ0n) is 19.6. The van der Waals surface area contributed by atoms with Gasteiger partial charge in [-0.15, -0.1) is 5.10 Å². The minimum absolute atomic E-state index is 0.0486. The molecular weight excluding hydrogens is 438 g/mol. The van der Waals surface area contributed by atoms with Crippen LogP contribution < -0.4 is 5.32 Å². The number of sulfonamides is 1. The molecule has 1 atom stereocenters. The molecule has 0 bridgehead atoms. The molecule has 0 radical (unpaired) electrons. The number of nitrogens with zero attached hydrogens (tertiary/aromatic N) is 4. The molecule has 4 rings (SSSR count). The van der Waals surface area contributed by atoms with Gasteiger partial charge in [0.1, 0.15) is 5.52 Å². The predicted octanol–water partition coefficient (Wildman–Crippen LogP) is 4.06. The monoisotopic (exact) mass is 469 g/mol. The normalized spacial score (nSPS) is 16.7. The van der Waals surface area contributed by atoms with Gasteiger partial charge in [-0.2, -0.15) is 4.31 Å². The Morgan fingerprint density at radius 2 is 1.82 bits per heavy atom. The maximum Gasteiger partial charge on any atom is 0.243 e. The van der Waals surface area contributed by atoms with Crippen LogP contribution in [0, 0.1) is 19.8 Å². The smallest absolute Gasteiger partial charge is 0.243 e. The number of para-hydroxylation sites is 1. The Morgan fingerprint density at radius 1 is 1.15 bits per heavy atom.